The van der Waals surface area contributed by atoms with E-state index in [1.807, 2.05) is 0 Å². The Morgan fingerprint density at radius 1 is 1.15 bits per heavy atom. The molecule has 1 fully saturated rings. The van der Waals surface area contributed by atoms with Gasteiger partial charge in [-0.3, -0.25) is 0 Å². The molecule has 0 saturated heterocycles. The predicted molar refractivity (Wildman–Crippen MR) is 59.9 cm³/mol. The summed E-state index contributed by atoms with van der Waals surface area (Å²) in [6.07, 6.45) is 13.3. The fourth-order valence-electron chi connectivity index (χ4n) is 2.44. The lowest BCUT2D eigenvalue weighted by molar-refractivity contribution is 0.275. The van der Waals surface area contributed by atoms with Crippen molar-refractivity contribution >= 4 is 0 Å². The second-order valence-corrected chi connectivity index (χ2v) is 4.79. The lowest BCUT2D eigenvalue weighted by atomic mass is 9.80. The molecule has 1 rings (SSSR count). The summed E-state index contributed by atoms with van der Waals surface area (Å²) >= 11 is 0. The Kier molecular flexibility index (Phi) is 5.50. The van der Waals surface area contributed by atoms with Crippen molar-refractivity contribution in [3.05, 3.63) is 0 Å². The molecular formula is C13H26. The lowest BCUT2D eigenvalue weighted by Gasteiger charge is -2.25. The van der Waals surface area contributed by atoms with Gasteiger partial charge in [0, 0.05) is 0 Å². The molecule has 13 heavy (non-hydrogen) atoms. The van der Waals surface area contributed by atoms with Crippen molar-refractivity contribution in [3.63, 3.8) is 0 Å². The maximum atomic E-state index is 2.35. The highest BCUT2D eigenvalue weighted by Crippen LogP contribution is 2.32. The van der Waals surface area contributed by atoms with Gasteiger partial charge in [-0.1, -0.05) is 71.6 Å². The van der Waals surface area contributed by atoms with Gasteiger partial charge in [0.05, 0.1) is 0 Å². The summed E-state index contributed by atoms with van der Waals surface area (Å²) in [6.45, 7) is 4.66. The maximum Gasteiger partial charge on any atom is -0.0414 e. The van der Waals surface area contributed by atoms with E-state index in [0.29, 0.717) is 0 Å². The van der Waals surface area contributed by atoms with E-state index in [1.165, 1.54) is 57.8 Å². The van der Waals surface area contributed by atoms with Crippen LogP contribution in [-0.4, -0.2) is 0 Å². The van der Waals surface area contributed by atoms with Gasteiger partial charge in [0.2, 0.25) is 0 Å². The van der Waals surface area contributed by atoms with E-state index in [2.05, 4.69) is 13.8 Å². The van der Waals surface area contributed by atoms with E-state index in [1.54, 1.807) is 0 Å². The fourth-order valence-corrected chi connectivity index (χ4v) is 2.44. The average Bonchev–Trinajstić information content (AvgIpc) is 2.07. The van der Waals surface area contributed by atoms with E-state index in [9.17, 15) is 0 Å². The Labute approximate surface area is 84.1 Å². The van der Waals surface area contributed by atoms with Crippen molar-refractivity contribution in [1.82, 2.24) is 0 Å². The monoisotopic (exact) mass is 182 g/mol. The molecule has 0 aromatic carbocycles. The summed E-state index contributed by atoms with van der Waals surface area (Å²) in [4.78, 5) is 0. The molecule has 0 N–H and O–H groups in total. The first kappa shape index (κ1) is 11.1. The molecule has 0 amide bonds. The highest BCUT2D eigenvalue weighted by atomic mass is 14.2. The molecule has 0 bridgehead atoms. The summed E-state index contributed by atoms with van der Waals surface area (Å²) in [5.74, 6) is 2.16. The van der Waals surface area contributed by atoms with Crippen LogP contribution in [0.2, 0.25) is 0 Å². The zero-order chi connectivity index (χ0) is 9.52. The van der Waals surface area contributed by atoms with E-state index in [0.717, 1.165) is 11.8 Å². The fraction of sp³-hybridized carbons (Fsp3) is 1.00. The third kappa shape index (κ3) is 4.15. The van der Waals surface area contributed by atoms with Crippen LogP contribution in [0.5, 0.6) is 0 Å². The minimum absolute atomic E-state index is 1.03. The van der Waals surface area contributed by atoms with Gasteiger partial charge in [0.25, 0.3) is 0 Å². The van der Waals surface area contributed by atoms with E-state index < -0.39 is 0 Å². The zero-order valence-corrected chi connectivity index (χ0v) is 9.52. The molecule has 0 aliphatic heterocycles. The van der Waals surface area contributed by atoms with Crippen LogP contribution in [-0.2, 0) is 0 Å². The van der Waals surface area contributed by atoms with Crippen molar-refractivity contribution in [2.24, 2.45) is 11.8 Å². The van der Waals surface area contributed by atoms with Crippen LogP contribution in [0.1, 0.15) is 71.6 Å². The first-order valence-electron chi connectivity index (χ1n) is 6.36. The SMILES string of the molecule is CCCC(CC)CCCC1CCC1. The molecule has 0 spiro atoms. The minimum Gasteiger partial charge on any atom is -0.0654 e. The van der Waals surface area contributed by atoms with Gasteiger partial charge in [0.1, 0.15) is 0 Å². The van der Waals surface area contributed by atoms with Crippen LogP contribution < -0.4 is 0 Å². The Balaban J connectivity index is 1.94. The molecule has 0 aromatic rings. The van der Waals surface area contributed by atoms with Crippen LogP contribution in [0.3, 0.4) is 0 Å². The quantitative estimate of drug-likeness (QED) is 0.531. The number of rotatable bonds is 7. The highest BCUT2D eigenvalue weighted by molar-refractivity contribution is 4.70. The molecule has 1 unspecified atom stereocenters. The van der Waals surface area contributed by atoms with Gasteiger partial charge in [-0.05, 0) is 11.8 Å². The van der Waals surface area contributed by atoms with Crippen LogP contribution >= 0.6 is 0 Å². The molecule has 0 aromatic heterocycles. The second kappa shape index (κ2) is 6.45. The number of hydrogen-bond donors (Lipinski definition) is 0. The Morgan fingerprint density at radius 3 is 2.38 bits per heavy atom. The molecule has 0 heteroatoms. The normalized spacial score (nSPS) is 19.8. The summed E-state index contributed by atoms with van der Waals surface area (Å²) in [6, 6.07) is 0. The smallest absolute Gasteiger partial charge is 0.0414 e. The first-order chi connectivity index (χ1) is 6.36. The van der Waals surface area contributed by atoms with Crippen LogP contribution in [0, 0.1) is 11.8 Å². The van der Waals surface area contributed by atoms with Crippen LogP contribution in [0.4, 0.5) is 0 Å². The van der Waals surface area contributed by atoms with Crippen molar-refractivity contribution in [1.29, 1.82) is 0 Å². The van der Waals surface area contributed by atoms with Crippen LogP contribution in [0.15, 0.2) is 0 Å². The minimum atomic E-state index is 1.03. The summed E-state index contributed by atoms with van der Waals surface area (Å²) in [5, 5.41) is 0. The third-order valence-electron chi connectivity index (χ3n) is 3.72. The predicted octanol–water partition coefficient (Wildman–Crippen LogP) is 4.78. The molecule has 1 saturated carbocycles. The van der Waals surface area contributed by atoms with Crippen molar-refractivity contribution in [2.75, 3.05) is 0 Å². The summed E-state index contributed by atoms with van der Waals surface area (Å²) in [7, 11) is 0. The molecule has 78 valence electrons. The van der Waals surface area contributed by atoms with E-state index in [4.69, 9.17) is 0 Å². The van der Waals surface area contributed by atoms with E-state index >= 15 is 0 Å². The second-order valence-electron chi connectivity index (χ2n) is 4.79. The summed E-state index contributed by atoms with van der Waals surface area (Å²) < 4.78 is 0. The van der Waals surface area contributed by atoms with Crippen molar-refractivity contribution < 1.29 is 0 Å². The van der Waals surface area contributed by atoms with Gasteiger partial charge in [-0.25, -0.2) is 0 Å². The van der Waals surface area contributed by atoms with Crippen LogP contribution in [0.25, 0.3) is 0 Å². The first-order valence-corrected chi connectivity index (χ1v) is 6.36. The highest BCUT2D eigenvalue weighted by Gasteiger charge is 2.17. The molecule has 0 heterocycles. The molecular weight excluding hydrogens is 156 g/mol. The number of hydrogen-bond acceptors (Lipinski definition) is 0. The van der Waals surface area contributed by atoms with Crippen molar-refractivity contribution in [3.8, 4) is 0 Å². The molecule has 1 aliphatic carbocycles. The third-order valence-corrected chi connectivity index (χ3v) is 3.72. The topological polar surface area (TPSA) is 0 Å². The molecule has 0 radical (unpaired) electrons. The van der Waals surface area contributed by atoms with Gasteiger partial charge >= 0.3 is 0 Å². The Bertz CT molecular complexity index is 113. The molecule has 1 atom stereocenters. The van der Waals surface area contributed by atoms with Gasteiger partial charge in [-0.2, -0.15) is 0 Å². The van der Waals surface area contributed by atoms with Gasteiger partial charge < -0.3 is 0 Å². The van der Waals surface area contributed by atoms with E-state index in [-0.39, 0.29) is 0 Å². The largest absolute Gasteiger partial charge is 0.0654 e. The lowest BCUT2D eigenvalue weighted by Crippen LogP contribution is -2.11. The zero-order valence-electron chi connectivity index (χ0n) is 9.52. The summed E-state index contributed by atoms with van der Waals surface area (Å²) in [5.41, 5.74) is 0. The Hall–Kier alpha value is 0. The Morgan fingerprint density at radius 2 is 1.92 bits per heavy atom. The molecule has 1 aliphatic rings. The van der Waals surface area contributed by atoms with Crippen molar-refractivity contribution in [2.45, 2.75) is 71.6 Å². The standard InChI is InChI=1S/C13H26/c1-3-7-12(4-2)8-5-9-13-10-6-11-13/h12-13H,3-11H2,1-2H3. The van der Waals surface area contributed by atoms with Gasteiger partial charge in [-0.15, -0.1) is 0 Å². The van der Waals surface area contributed by atoms with Gasteiger partial charge in [0.15, 0.2) is 0 Å². The molecule has 0 nitrogen and oxygen atoms in total. The maximum absolute atomic E-state index is 2.35. The average molecular weight is 182 g/mol.